The average molecular weight is 264 g/mol. The highest BCUT2D eigenvalue weighted by Crippen LogP contribution is 2.22. The highest BCUT2D eigenvalue weighted by molar-refractivity contribution is 5.63. The van der Waals surface area contributed by atoms with E-state index in [4.69, 9.17) is 4.42 Å². The van der Waals surface area contributed by atoms with Crippen LogP contribution in [0.1, 0.15) is 11.1 Å². The zero-order chi connectivity index (χ0) is 13.8. The van der Waals surface area contributed by atoms with Gasteiger partial charge in [0.05, 0.1) is 6.20 Å². The van der Waals surface area contributed by atoms with E-state index in [0.717, 1.165) is 23.6 Å². The molecule has 0 aliphatic heterocycles. The molecule has 1 aromatic heterocycles. The van der Waals surface area contributed by atoms with Gasteiger partial charge in [0.2, 0.25) is 0 Å². The molecule has 0 bridgehead atoms. The van der Waals surface area contributed by atoms with E-state index in [1.54, 1.807) is 6.20 Å². The van der Waals surface area contributed by atoms with Gasteiger partial charge in [-0.2, -0.15) is 0 Å². The summed E-state index contributed by atoms with van der Waals surface area (Å²) in [5.74, 6) is 0.782. The van der Waals surface area contributed by atoms with Crippen LogP contribution in [0.4, 0.5) is 5.69 Å². The Hall–Kier alpha value is -2.55. The van der Waals surface area contributed by atoms with Gasteiger partial charge in [0.25, 0.3) is 0 Å². The summed E-state index contributed by atoms with van der Waals surface area (Å²) in [5, 5.41) is 3.43. The molecule has 1 N–H and O–H groups in total. The van der Waals surface area contributed by atoms with E-state index in [2.05, 4.69) is 53.6 Å². The predicted molar refractivity (Wildman–Crippen MR) is 80.4 cm³/mol. The van der Waals surface area contributed by atoms with Crippen LogP contribution in [0.2, 0.25) is 0 Å². The lowest BCUT2D eigenvalue weighted by Gasteiger charge is -2.08. The molecule has 3 nitrogen and oxygen atoms in total. The molecular weight excluding hydrogens is 248 g/mol. The number of anilines is 1. The fourth-order valence-corrected chi connectivity index (χ4v) is 2.17. The lowest BCUT2D eigenvalue weighted by Crippen LogP contribution is -1.99. The second-order valence-electron chi connectivity index (χ2n) is 4.79. The SMILES string of the molecule is Cc1cccc(CNc2cccc(-c3cnco3)c2)c1. The molecule has 0 amide bonds. The number of hydrogen-bond acceptors (Lipinski definition) is 3. The summed E-state index contributed by atoms with van der Waals surface area (Å²) in [6.45, 7) is 2.91. The van der Waals surface area contributed by atoms with Crippen LogP contribution in [0.15, 0.2) is 65.5 Å². The Labute approximate surface area is 118 Å². The summed E-state index contributed by atoms with van der Waals surface area (Å²) in [5.41, 5.74) is 4.65. The molecule has 3 heteroatoms. The summed E-state index contributed by atoms with van der Waals surface area (Å²) in [6.07, 6.45) is 3.17. The molecule has 0 saturated heterocycles. The normalized spacial score (nSPS) is 10.4. The van der Waals surface area contributed by atoms with Crippen molar-refractivity contribution >= 4 is 5.69 Å². The number of rotatable bonds is 4. The molecule has 2 aromatic carbocycles. The Balaban J connectivity index is 1.73. The molecule has 0 aliphatic rings. The first-order valence-corrected chi connectivity index (χ1v) is 6.59. The average Bonchev–Trinajstić information content (AvgIpc) is 3.00. The molecule has 0 atom stereocenters. The van der Waals surface area contributed by atoms with Crippen molar-refractivity contribution in [2.75, 3.05) is 5.32 Å². The van der Waals surface area contributed by atoms with Crippen molar-refractivity contribution in [3.8, 4) is 11.3 Å². The largest absolute Gasteiger partial charge is 0.444 e. The fourth-order valence-electron chi connectivity index (χ4n) is 2.17. The Kier molecular flexibility index (Phi) is 3.50. The predicted octanol–water partition coefficient (Wildman–Crippen LogP) is 4.26. The maximum Gasteiger partial charge on any atom is 0.181 e. The molecule has 0 saturated carbocycles. The van der Waals surface area contributed by atoms with E-state index >= 15 is 0 Å². The summed E-state index contributed by atoms with van der Waals surface area (Å²) < 4.78 is 5.31. The van der Waals surface area contributed by atoms with Gasteiger partial charge in [-0.15, -0.1) is 0 Å². The zero-order valence-electron chi connectivity index (χ0n) is 11.3. The highest BCUT2D eigenvalue weighted by atomic mass is 16.3. The number of aromatic nitrogens is 1. The zero-order valence-corrected chi connectivity index (χ0v) is 11.3. The first-order chi connectivity index (χ1) is 9.81. The van der Waals surface area contributed by atoms with Crippen LogP contribution in [0.5, 0.6) is 0 Å². The molecular formula is C17H16N2O. The van der Waals surface area contributed by atoms with Crippen molar-refractivity contribution in [1.82, 2.24) is 4.98 Å². The third kappa shape index (κ3) is 2.88. The van der Waals surface area contributed by atoms with Crippen molar-refractivity contribution in [3.05, 3.63) is 72.2 Å². The first-order valence-electron chi connectivity index (χ1n) is 6.59. The minimum Gasteiger partial charge on any atom is -0.444 e. The van der Waals surface area contributed by atoms with Crippen molar-refractivity contribution in [2.45, 2.75) is 13.5 Å². The topological polar surface area (TPSA) is 38.1 Å². The van der Waals surface area contributed by atoms with E-state index in [9.17, 15) is 0 Å². The number of hydrogen-bond donors (Lipinski definition) is 1. The lowest BCUT2D eigenvalue weighted by atomic mass is 10.1. The quantitative estimate of drug-likeness (QED) is 0.765. The van der Waals surface area contributed by atoms with Gasteiger partial charge in [0.15, 0.2) is 12.2 Å². The maximum absolute atomic E-state index is 5.31. The molecule has 0 aliphatic carbocycles. The Morgan fingerprint density at radius 1 is 1.10 bits per heavy atom. The second-order valence-corrected chi connectivity index (χ2v) is 4.79. The number of nitrogens with one attached hydrogen (secondary N) is 1. The van der Waals surface area contributed by atoms with Crippen molar-refractivity contribution in [3.63, 3.8) is 0 Å². The molecule has 3 aromatic rings. The molecule has 100 valence electrons. The van der Waals surface area contributed by atoms with Crippen LogP contribution < -0.4 is 5.32 Å². The van der Waals surface area contributed by atoms with Gasteiger partial charge in [-0.05, 0) is 24.6 Å². The minimum atomic E-state index is 0.782. The van der Waals surface area contributed by atoms with E-state index in [1.807, 2.05) is 12.1 Å². The Bertz CT molecular complexity index is 690. The van der Waals surface area contributed by atoms with Gasteiger partial charge in [0.1, 0.15) is 0 Å². The lowest BCUT2D eigenvalue weighted by molar-refractivity contribution is 0.572. The van der Waals surface area contributed by atoms with Crippen LogP contribution in [0.25, 0.3) is 11.3 Å². The van der Waals surface area contributed by atoms with E-state index in [1.165, 1.54) is 17.5 Å². The third-order valence-electron chi connectivity index (χ3n) is 3.16. The Morgan fingerprint density at radius 3 is 2.80 bits per heavy atom. The van der Waals surface area contributed by atoms with E-state index in [-0.39, 0.29) is 0 Å². The fraction of sp³-hybridized carbons (Fsp3) is 0.118. The second kappa shape index (κ2) is 5.61. The molecule has 3 rings (SSSR count). The van der Waals surface area contributed by atoms with Gasteiger partial charge >= 0.3 is 0 Å². The van der Waals surface area contributed by atoms with Gasteiger partial charge in [-0.1, -0.05) is 42.0 Å². The van der Waals surface area contributed by atoms with Crippen molar-refractivity contribution in [2.24, 2.45) is 0 Å². The number of aryl methyl sites for hydroxylation is 1. The van der Waals surface area contributed by atoms with Gasteiger partial charge in [-0.3, -0.25) is 0 Å². The van der Waals surface area contributed by atoms with Crippen LogP contribution in [-0.2, 0) is 6.54 Å². The number of benzene rings is 2. The van der Waals surface area contributed by atoms with Crippen LogP contribution in [0.3, 0.4) is 0 Å². The molecule has 0 fully saturated rings. The maximum atomic E-state index is 5.31. The van der Waals surface area contributed by atoms with Crippen molar-refractivity contribution in [1.29, 1.82) is 0 Å². The third-order valence-corrected chi connectivity index (χ3v) is 3.16. The minimum absolute atomic E-state index is 0.782. The summed E-state index contributed by atoms with van der Waals surface area (Å²) >= 11 is 0. The summed E-state index contributed by atoms with van der Waals surface area (Å²) in [4.78, 5) is 3.94. The van der Waals surface area contributed by atoms with Crippen LogP contribution in [-0.4, -0.2) is 4.98 Å². The standard InChI is InChI=1S/C17H16N2O/c1-13-4-2-5-14(8-13)10-19-16-7-3-6-15(9-16)17-11-18-12-20-17/h2-9,11-12,19H,10H2,1H3. The summed E-state index contributed by atoms with van der Waals surface area (Å²) in [6, 6.07) is 16.6. The Morgan fingerprint density at radius 2 is 2.00 bits per heavy atom. The molecule has 0 spiro atoms. The van der Waals surface area contributed by atoms with Crippen LogP contribution >= 0.6 is 0 Å². The summed E-state index contributed by atoms with van der Waals surface area (Å²) in [7, 11) is 0. The number of oxazole rings is 1. The first kappa shape index (κ1) is 12.5. The van der Waals surface area contributed by atoms with Gasteiger partial charge in [0, 0.05) is 17.8 Å². The van der Waals surface area contributed by atoms with E-state index in [0.29, 0.717) is 0 Å². The number of nitrogens with zero attached hydrogens (tertiary/aromatic N) is 1. The van der Waals surface area contributed by atoms with Gasteiger partial charge in [-0.25, -0.2) is 4.98 Å². The molecule has 0 unspecified atom stereocenters. The van der Waals surface area contributed by atoms with Crippen molar-refractivity contribution < 1.29 is 4.42 Å². The highest BCUT2D eigenvalue weighted by Gasteiger charge is 2.02. The molecule has 1 heterocycles. The van der Waals surface area contributed by atoms with Gasteiger partial charge < -0.3 is 9.73 Å². The molecule has 0 radical (unpaired) electrons. The van der Waals surface area contributed by atoms with Crippen LogP contribution in [0, 0.1) is 6.92 Å². The monoisotopic (exact) mass is 264 g/mol. The molecule has 20 heavy (non-hydrogen) atoms. The smallest absolute Gasteiger partial charge is 0.181 e. The van der Waals surface area contributed by atoms with E-state index < -0.39 is 0 Å².